The fourth-order valence-corrected chi connectivity index (χ4v) is 1.71. The van der Waals surface area contributed by atoms with Crippen molar-refractivity contribution >= 4 is 5.97 Å². The van der Waals surface area contributed by atoms with Gasteiger partial charge < -0.3 is 24.6 Å². The molecule has 0 aliphatic carbocycles. The molecule has 0 unspecified atom stereocenters. The molecule has 0 bridgehead atoms. The van der Waals surface area contributed by atoms with Gasteiger partial charge in [0, 0.05) is 13.1 Å². The van der Waals surface area contributed by atoms with Gasteiger partial charge in [-0.3, -0.25) is 4.79 Å². The van der Waals surface area contributed by atoms with Crippen LogP contribution in [0.15, 0.2) is 12.1 Å². The summed E-state index contributed by atoms with van der Waals surface area (Å²) in [6, 6.07) is 3.43. The van der Waals surface area contributed by atoms with Gasteiger partial charge in [-0.25, -0.2) is 0 Å². The molecule has 0 spiro atoms. The summed E-state index contributed by atoms with van der Waals surface area (Å²) < 4.78 is 15.0. The van der Waals surface area contributed by atoms with E-state index in [2.05, 4.69) is 5.32 Å². The summed E-state index contributed by atoms with van der Waals surface area (Å²) in [5.74, 6) is 0.462. The highest BCUT2D eigenvalue weighted by Crippen LogP contribution is 2.36. The molecule has 0 saturated heterocycles. The number of phenols is 1. The Labute approximate surface area is 118 Å². The summed E-state index contributed by atoms with van der Waals surface area (Å²) in [7, 11) is 2.96. The molecule has 1 rings (SSSR count). The second kappa shape index (κ2) is 8.27. The van der Waals surface area contributed by atoms with E-state index in [0.29, 0.717) is 37.6 Å². The number of carbonyl (C=O) groups excluding carboxylic acids is 1. The highest BCUT2D eigenvalue weighted by molar-refractivity contribution is 5.69. The molecular formula is C14H21NO5. The molecule has 1 aromatic carbocycles. The lowest BCUT2D eigenvalue weighted by Crippen LogP contribution is -2.19. The second-order valence-electron chi connectivity index (χ2n) is 4.08. The Bertz CT molecular complexity index is 422. The lowest BCUT2D eigenvalue weighted by atomic mass is 10.2. The van der Waals surface area contributed by atoms with Crippen molar-refractivity contribution in [1.29, 1.82) is 0 Å². The molecule has 0 aromatic heterocycles. The van der Waals surface area contributed by atoms with Gasteiger partial charge in [0.05, 0.1) is 27.2 Å². The Kier molecular flexibility index (Phi) is 6.66. The Hall–Kier alpha value is -1.95. The molecular weight excluding hydrogens is 262 g/mol. The molecule has 112 valence electrons. The summed E-state index contributed by atoms with van der Waals surface area (Å²) in [5, 5.41) is 12.9. The predicted octanol–water partition coefficient (Wildman–Crippen LogP) is 1.45. The van der Waals surface area contributed by atoms with Gasteiger partial charge in [-0.2, -0.15) is 0 Å². The summed E-state index contributed by atoms with van der Waals surface area (Å²) in [6.07, 6.45) is 0.320. The van der Waals surface area contributed by atoms with Crippen molar-refractivity contribution in [3.63, 3.8) is 0 Å². The Morgan fingerprint density at radius 2 is 1.85 bits per heavy atom. The number of ether oxygens (including phenoxy) is 3. The van der Waals surface area contributed by atoms with E-state index in [1.165, 1.54) is 14.2 Å². The van der Waals surface area contributed by atoms with Crippen LogP contribution < -0.4 is 14.8 Å². The van der Waals surface area contributed by atoms with E-state index >= 15 is 0 Å². The number of nitrogens with one attached hydrogen (secondary N) is 1. The number of esters is 1. The number of rotatable bonds is 8. The van der Waals surface area contributed by atoms with E-state index in [1.54, 1.807) is 19.1 Å². The first-order valence-corrected chi connectivity index (χ1v) is 6.42. The van der Waals surface area contributed by atoms with Gasteiger partial charge in [-0.15, -0.1) is 0 Å². The van der Waals surface area contributed by atoms with Crippen molar-refractivity contribution in [2.45, 2.75) is 19.9 Å². The molecule has 0 heterocycles. The smallest absolute Gasteiger partial charge is 0.307 e. The zero-order chi connectivity index (χ0) is 15.0. The topological polar surface area (TPSA) is 77.0 Å². The van der Waals surface area contributed by atoms with Crippen LogP contribution in [-0.2, 0) is 16.1 Å². The number of aromatic hydroxyl groups is 1. The maximum atomic E-state index is 11.2. The molecule has 1 aromatic rings. The average Bonchev–Trinajstić information content (AvgIpc) is 2.45. The fourth-order valence-electron chi connectivity index (χ4n) is 1.71. The molecule has 6 heteroatoms. The number of methoxy groups -OCH3 is 2. The third kappa shape index (κ3) is 4.62. The summed E-state index contributed by atoms with van der Waals surface area (Å²) in [6.45, 7) is 3.22. The van der Waals surface area contributed by atoms with Gasteiger partial charge in [0.2, 0.25) is 5.75 Å². The minimum Gasteiger partial charge on any atom is -0.502 e. The first kappa shape index (κ1) is 16.1. The molecule has 0 amide bonds. The van der Waals surface area contributed by atoms with Gasteiger partial charge in [-0.05, 0) is 24.6 Å². The van der Waals surface area contributed by atoms with Gasteiger partial charge >= 0.3 is 5.97 Å². The minimum absolute atomic E-state index is 0.0229. The molecule has 0 atom stereocenters. The average molecular weight is 283 g/mol. The number of phenolic OH excluding ortho intramolecular Hbond substituents is 1. The molecule has 0 radical (unpaired) electrons. The van der Waals surface area contributed by atoms with Gasteiger partial charge in [0.1, 0.15) is 0 Å². The largest absolute Gasteiger partial charge is 0.502 e. The Morgan fingerprint density at radius 1 is 1.25 bits per heavy atom. The third-order valence-corrected chi connectivity index (χ3v) is 2.68. The van der Waals surface area contributed by atoms with E-state index in [-0.39, 0.29) is 11.7 Å². The maximum Gasteiger partial charge on any atom is 0.307 e. The van der Waals surface area contributed by atoms with Crippen molar-refractivity contribution in [2.75, 3.05) is 27.4 Å². The van der Waals surface area contributed by atoms with Gasteiger partial charge in [0.25, 0.3) is 0 Å². The van der Waals surface area contributed by atoms with E-state index in [0.717, 1.165) is 5.56 Å². The zero-order valence-corrected chi connectivity index (χ0v) is 12.1. The molecule has 0 aliphatic rings. The number of benzene rings is 1. The first-order chi connectivity index (χ1) is 9.62. The van der Waals surface area contributed by atoms with Crippen LogP contribution in [0.4, 0.5) is 0 Å². The highest BCUT2D eigenvalue weighted by atomic mass is 16.5. The standard InChI is InChI=1S/C14H21NO5/c1-4-20-13(16)5-6-15-9-10-7-11(18-2)14(17)12(8-10)19-3/h7-8,15,17H,4-6,9H2,1-3H3. The van der Waals surface area contributed by atoms with Crippen molar-refractivity contribution in [2.24, 2.45) is 0 Å². The van der Waals surface area contributed by atoms with E-state index < -0.39 is 0 Å². The van der Waals surface area contributed by atoms with E-state index in [4.69, 9.17) is 14.2 Å². The van der Waals surface area contributed by atoms with Crippen LogP contribution in [0.25, 0.3) is 0 Å². The van der Waals surface area contributed by atoms with Crippen LogP contribution in [0.5, 0.6) is 17.2 Å². The van der Waals surface area contributed by atoms with Crippen molar-refractivity contribution in [1.82, 2.24) is 5.32 Å². The summed E-state index contributed by atoms with van der Waals surface area (Å²) in [4.78, 5) is 11.2. The molecule has 20 heavy (non-hydrogen) atoms. The second-order valence-corrected chi connectivity index (χ2v) is 4.08. The van der Waals surface area contributed by atoms with Crippen LogP contribution in [-0.4, -0.2) is 38.4 Å². The fraction of sp³-hybridized carbons (Fsp3) is 0.500. The van der Waals surface area contributed by atoms with Crippen molar-refractivity contribution in [3.05, 3.63) is 17.7 Å². The first-order valence-electron chi connectivity index (χ1n) is 6.42. The molecule has 2 N–H and O–H groups in total. The summed E-state index contributed by atoms with van der Waals surface area (Å²) in [5.41, 5.74) is 0.889. The normalized spacial score (nSPS) is 10.2. The van der Waals surface area contributed by atoms with Crippen LogP contribution in [0, 0.1) is 0 Å². The summed E-state index contributed by atoms with van der Waals surface area (Å²) >= 11 is 0. The van der Waals surface area contributed by atoms with Crippen LogP contribution >= 0.6 is 0 Å². The minimum atomic E-state index is -0.221. The highest BCUT2D eigenvalue weighted by Gasteiger charge is 2.11. The van der Waals surface area contributed by atoms with Gasteiger partial charge in [0.15, 0.2) is 11.5 Å². The molecule has 0 aliphatic heterocycles. The maximum absolute atomic E-state index is 11.2. The van der Waals surface area contributed by atoms with E-state index in [1.807, 2.05) is 0 Å². The predicted molar refractivity (Wildman–Crippen MR) is 74.2 cm³/mol. The molecule has 0 fully saturated rings. The van der Waals surface area contributed by atoms with Crippen molar-refractivity contribution < 1.29 is 24.1 Å². The molecule has 6 nitrogen and oxygen atoms in total. The third-order valence-electron chi connectivity index (χ3n) is 2.68. The number of hydrogen-bond acceptors (Lipinski definition) is 6. The monoisotopic (exact) mass is 283 g/mol. The van der Waals surface area contributed by atoms with Crippen LogP contribution in [0.1, 0.15) is 18.9 Å². The lowest BCUT2D eigenvalue weighted by Gasteiger charge is -2.11. The SMILES string of the molecule is CCOC(=O)CCNCc1cc(OC)c(O)c(OC)c1. The Morgan fingerprint density at radius 3 is 2.35 bits per heavy atom. The Balaban J connectivity index is 2.53. The number of hydrogen-bond donors (Lipinski definition) is 2. The molecule has 0 saturated carbocycles. The quantitative estimate of drug-likeness (QED) is 0.555. The zero-order valence-electron chi connectivity index (χ0n) is 12.1. The van der Waals surface area contributed by atoms with Crippen molar-refractivity contribution in [3.8, 4) is 17.2 Å². The lowest BCUT2D eigenvalue weighted by molar-refractivity contribution is -0.142. The van der Waals surface area contributed by atoms with Gasteiger partial charge in [-0.1, -0.05) is 0 Å². The van der Waals surface area contributed by atoms with E-state index in [9.17, 15) is 9.90 Å². The van der Waals surface area contributed by atoms with Crippen LogP contribution in [0.3, 0.4) is 0 Å². The number of carbonyl (C=O) groups is 1. The van der Waals surface area contributed by atoms with Crippen LogP contribution in [0.2, 0.25) is 0 Å².